The molecule has 2 N–H and O–H groups in total. The van der Waals surface area contributed by atoms with Gasteiger partial charge in [0.2, 0.25) is 0 Å². The predicted molar refractivity (Wildman–Crippen MR) is 125 cm³/mol. The van der Waals surface area contributed by atoms with E-state index in [0.29, 0.717) is 17.6 Å². The van der Waals surface area contributed by atoms with Crippen molar-refractivity contribution in [3.05, 3.63) is 70.1 Å². The van der Waals surface area contributed by atoms with Gasteiger partial charge in [-0.25, -0.2) is 9.98 Å². The Morgan fingerprint density at radius 2 is 1.72 bits per heavy atom. The summed E-state index contributed by atoms with van der Waals surface area (Å²) in [4.78, 5) is 9.47. The summed E-state index contributed by atoms with van der Waals surface area (Å²) in [5, 5.41) is 0. The van der Waals surface area contributed by atoms with Gasteiger partial charge in [0.1, 0.15) is 0 Å². The van der Waals surface area contributed by atoms with Crippen molar-refractivity contribution in [1.29, 1.82) is 0 Å². The van der Waals surface area contributed by atoms with Crippen LogP contribution < -0.4 is 5.73 Å². The maximum Gasteiger partial charge on any atom is 0.161 e. The Morgan fingerprint density at radius 3 is 2.34 bits per heavy atom. The van der Waals surface area contributed by atoms with Crippen LogP contribution in [-0.4, -0.2) is 16.2 Å². The normalized spacial score (nSPS) is 18.0. The summed E-state index contributed by atoms with van der Waals surface area (Å²) >= 11 is 0. The molecule has 0 aliphatic heterocycles. The number of aromatic nitrogens is 1. The number of aliphatic imine (C=N–C) groups is 2. The summed E-state index contributed by atoms with van der Waals surface area (Å²) in [6.45, 7) is 14.9. The largest absolute Gasteiger partial charge is 0.387 e. The third-order valence-corrected chi connectivity index (χ3v) is 6.10. The van der Waals surface area contributed by atoms with Crippen molar-refractivity contribution < 1.29 is 0 Å². The molecule has 0 bridgehead atoms. The Balaban J connectivity index is 2.13. The number of amidine groups is 2. The molecular weight excluding hydrogens is 356 g/mol. The lowest BCUT2D eigenvalue weighted by Gasteiger charge is -2.19. The van der Waals surface area contributed by atoms with Gasteiger partial charge in [-0.2, -0.15) is 0 Å². The highest BCUT2D eigenvalue weighted by molar-refractivity contribution is 6.08. The average molecular weight is 389 g/mol. The topological polar surface area (TPSA) is 55.7 Å². The summed E-state index contributed by atoms with van der Waals surface area (Å²) in [5.41, 5.74) is 15.5. The lowest BCUT2D eigenvalue weighted by Crippen LogP contribution is -2.14. The number of rotatable bonds is 3. The van der Waals surface area contributed by atoms with Crippen molar-refractivity contribution in [3.63, 3.8) is 0 Å². The van der Waals surface area contributed by atoms with E-state index in [4.69, 9.17) is 10.7 Å². The van der Waals surface area contributed by atoms with Crippen LogP contribution in [0.4, 0.5) is 5.69 Å². The molecule has 0 amide bonds. The van der Waals surface area contributed by atoms with Crippen LogP contribution in [0.2, 0.25) is 0 Å². The Morgan fingerprint density at radius 1 is 1.07 bits per heavy atom. The molecular formula is C25H32N4. The van der Waals surface area contributed by atoms with E-state index >= 15 is 0 Å². The fourth-order valence-electron chi connectivity index (χ4n) is 3.87. The van der Waals surface area contributed by atoms with Gasteiger partial charge in [-0.1, -0.05) is 30.7 Å². The summed E-state index contributed by atoms with van der Waals surface area (Å²) < 4.78 is 2.30. The number of nitrogens with zero attached hydrogens (tertiary/aromatic N) is 3. The maximum absolute atomic E-state index is 5.93. The molecule has 1 aromatic carbocycles. The van der Waals surface area contributed by atoms with E-state index in [0.717, 1.165) is 23.4 Å². The lowest BCUT2D eigenvalue weighted by molar-refractivity contribution is 0.682. The second-order valence-electron chi connectivity index (χ2n) is 8.10. The predicted octanol–water partition coefficient (Wildman–Crippen LogP) is 6.03. The van der Waals surface area contributed by atoms with Gasteiger partial charge in [-0.05, 0) is 83.2 Å². The fraction of sp³-hybridized carbons (Fsp3) is 0.360. The Kier molecular flexibility index (Phi) is 5.92. The van der Waals surface area contributed by atoms with E-state index in [1.54, 1.807) is 6.92 Å². The molecule has 0 saturated carbocycles. The highest BCUT2D eigenvalue weighted by atomic mass is 15.0. The van der Waals surface area contributed by atoms with Crippen LogP contribution in [-0.2, 0) is 0 Å². The summed E-state index contributed by atoms with van der Waals surface area (Å²) in [5.74, 6) is 1.67. The first-order chi connectivity index (χ1) is 13.7. The van der Waals surface area contributed by atoms with Gasteiger partial charge in [-0.3, -0.25) is 0 Å². The average Bonchev–Trinajstić information content (AvgIpc) is 2.86. The molecule has 0 saturated heterocycles. The van der Waals surface area contributed by atoms with Crippen molar-refractivity contribution in [2.75, 3.05) is 0 Å². The third-order valence-electron chi connectivity index (χ3n) is 6.10. The smallest absolute Gasteiger partial charge is 0.161 e. The Labute approximate surface area is 174 Å². The van der Waals surface area contributed by atoms with Crippen LogP contribution >= 0.6 is 0 Å². The molecule has 1 aliphatic rings. The van der Waals surface area contributed by atoms with E-state index in [1.807, 2.05) is 6.07 Å². The molecule has 2 aromatic rings. The summed E-state index contributed by atoms with van der Waals surface area (Å²) in [7, 11) is 0. The number of allylic oxidation sites excluding steroid dienone is 2. The monoisotopic (exact) mass is 388 g/mol. The molecule has 1 heterocycles. The van der Waals surface area contributed by atoms with Crippen molar-refractivity contribution in [3.8, 4) is 5.69 Å². The molecule has 1 atom stereocenters. The molecule has 3 rings (SSSR count). The zero-order valence-electron chi connectivity index (χ0n) is 18.7. The number of nitrogens with two attached hydrogens (primary N) is 1. The van der Waals surface area contributed by atoms with E-state index in [2.05, 4.69) is 81.5 Å². The van der Waals surface area contributed by atoms with Crippen LogP contribution in [0.1, 0.15) is 49.7 Å². The van der Waals surface area contributed by atoms with Crippen LogP contribution in [0.15, 0.2) is 57.5 Å². The van der Waals surface area contributed by atoms with E-state index in [9.17, 15) is 0 Å². The SMILES string of the molecule is CC(N)=NC(=Nc1cccc(-n2c(C)c(C)c(C)c2C)c1)C1=C(C)C(C)CC=C1. The van der Waals surface area contributed by atoms with Gasteiger partial charge in [0.15, 0.2) is 5.84 Å². The van der Waals surface area contributed by atoms with Gasteiger partial charge in [0.25, 0.3) is 0 Å². The summed E-state index contributed by atoms with van der Waals surface area (Å²) in [6, 6.07) is 8.31. The van der Waals surface area contributed by atoms with Crippen LogP contribution in [0.3, 0.4) is 0 Å². The van der Waals surface area contributed by atoms with Crippen LogP contribution in [0, 0.1) is 33.6 Å². The fourth-order valence-corrected chi connectivity index (χ4v) is 3.87. The molecule has 4 nitrogen and oxygen atoms in total. The maximum atomic E-state index is 5.93. The molecule has 152 valence electrons. The van der Waals surface area contributed by atoms with Crippen LogP contribution in [0.25, 0.3) is 5.69 Å². The molecule has 1 aliphatic carbocycles. The minimum atomic E-state index is 0.482. The summed E-state index contributed by atoms with van der Waals surface area (Å²) in [6.07, 6.45) is 5.37. The molecule has 29 heavy (non-hydrogen) atoms. The zero-order valence-corrected chi connectivity index (χ0v) is 18.7. The molecule has 1 unspecified atom stereocenters. The first kappa shape index (κ1) is 20.8. The minimum absolute atomic E-state index is 0.482. The zero-order chi connectivity index (χ0) is 21.3. The molecule has 4 heteroatoms. The standard InChI is InChI=1S/C25H32N4/c1-15-10-8-13-24(16(15)2)25(27-21(7)26)28-22-11-9-12-23(14-22)29-19(5)17(3)18(4)20(29)6/h8-9,11-15H,10H2,1-7H3,(H2,26,27,28). The quantitative estimate of drug-likeness (QED) is 0.506. The van der Waals surface area contributed by atoms with Gasteiger partial charge in [0, 0.05) is 22.6 Å². The van der Waals surface area contributed by atoms with Gasteiger partial charge in [-0.15, -0.1) is 0 Å². The van der Waals surface area contributed by atoms with Crippen LogP contribution in [0.5, 0.6) is 0 Å². The van der Waals surface area contributed by atoms with E-state index < -0.39 is 0 Å². The molecule has 0 spiro atoms. The highest BCUT2D eigenvalue weighted by Gasteiger charge is 2.17. The van der Waals surface area contributed by atoms with Crippen molar-refractivity contribution in [1.82, 2.24) is 4.57 Å². The molecule has 0 radical (unpaired) electrons. The van der Waals surface area contributed by atoms with E-state index in [-0.39, 0.29) is 0 Å². The van der Waals surface area contributed by atoms with Crippen molar-refractivity contribution in [2.24, 2.45) is 21.6 Å². The second kappa shape index (κ2) is 8.24. The third kappa shape index (κ3) is 4.12. The molecule has 0 fully saturated rings. The van der Waals surface area contributed by atoms with Gasteiger partial charge >= 0.3 is 0 Å². The number of hydrogen-bond acceptors (Lipinski definition) is 1. The van der Waals surface area contributed by atoms with Crippen molar-refractivity contribution >= 4 is 17.4 Å². The number of hydrogen-bond donors (Lipinski definition) is 1. The first-order valence-electron chi connectivity index (χ1n) is 10.2. The van der Waals surface area contributed by atoms with Gasteiger partial charge in [0.05, 0.1) is 11.5 Å². The first-order valence-corrected chi connectivity index (χ1v) is 10.2. The lowest BCUT2D eigenvalue weighted by atomic mass is 9.89. The number of benzene rings is 1. The Hall–Kier alpha value is -2.88. The minimum Gasteiger partial charge on any atom is -0.387 e. The Bertz CT molecular complexity index is 1030. The highest BCUT2D eigenvalue weighted by Crippen LogP contribution is 2.29. The van der Waals surface area contributed by atoms with E-state index in [1.165, 1.54) is 28.1 Å². The van der Waals surface area contributed by atoms with Gasteiger partial charge < -0.3 is 10.3 Å². The van der Waals surface area contributed by atoms with Crippen molar-refractivity contribution in [2.45, 2.75) is 54.9 Å². The molecule has 1 aromatic heterocycles. The second-order valence-corrected chi connectivity index (χ2v) is 8.10.